The Bertz CT molecular complexity index is 347. The van der Waals surface area contributed by atoms with E-state index in [4.69, 9.17) is 4.74 Å². The first kappa shape index (κ1) is 21.9. The fraction of sp³-hybridized carbons (Fsp3) is 0.737. The van der Waals surface area contributed by atoms with Gasteiger partial charge >= 0.3 is 5.97 Å². The number of carbonyl (C=O) groups is 1. The maximum Gasteiger partial charge on any atom is 0.336 e. The summed E-state index contributed by atoms with van der Waals surface area (Å²) in [5, 5.41) is 19.4. The van der Waals surface area contributed by atoms with E-state index in [1.807, 2.05) is 6.08 Å². The van der Waals surface area contributed by atoms with E-state index in [2.05, 4.69) is 6.58 Å². The first-order valence-corrected chi connectivity index (χ1v) is 8.88. The summed E-state index contributed by atoms with van der Waals surface area (Å²) in [6.45, 7) is 7.16. The Morgan fingerprint density at radius 3 is 2.04 bits per heavy atom. The highest BCUT2D eigenvalue weighted by Crippen LogP contribution is 2.14. The van der Waals surface area contributed by atoms with E-state index in [0.717, 1.165) is 19.3 Å². The third-order valence-electron chi connectivity index (χ3n) is 3.76. The standard InChI is InChI=1S/C19H34O4/c1-4-6-7-8-9-10-11-12-13-14-15-17(18(21)16(3)20)19(22)23-5-2/h4,15-16,18,20-21H,1,5-14H2,2-3H3/b17-15-/t16-,18-/m1/s1. The van der Waals surface area contributed by atoms with Crippen molar-refractivity contribution in [3.63, 3.8) is 0 Å². The van der Waals surface area contributed by atoms with E-state index in [1.54, 1.807) is 13.0 Å². The third-order valence-corrected chi connectivity index (χ3v) is 3.76. The normalized spacial score (nSPS) is 14.3. The minimum absolute atomic E-state index is 0.172. The summed E-state index contributed by atoms with van der Waals surface area (Å²) in [5.74, 6) is -0.539. The van der Waals surface area contributed by atoms with Crippen LogP contribution in [0.3, 0.4) is 0 Å². The first-order valence-electron chi connectivity index (χ1n) is 8.88. The van der Waals surface area contributed by atoms with Crippen LogP contribution in [0.5, 0.6) is 0 Å². The van der Waals surface area contributed by atoms with Crippen LogP contribution in [0.25, 0.3) is 0 Å². The average Bonchev–Trinajstić information content (AvgIpc) is 2.52. The molecular formula is C19H34O4. The molecule has 4 heteroatoms. The maximum atomic E-state index is 11.8. The number of hydrogen-bond donors (Lipinski definition) is 2. The molecule has 4 nitrogen and oxygen atoms in total. The van der Waals surface area contributed by atoms with Crippen LogP contribution in [0.4, 0.5) is 0 Å². The highest BCUT2D eigenvalue weighted by Gasteiger charge is 2.23. The lowest BCUT2D eigenvalue weighted by atomic mass is 10.0. The smallest absolute Gasteiger partial charge is 0.336 e. The molecule has 0 aliphatic rings. The number of rotatable bonds is 14. The van der Waals surface area contributed by atoms with Gasteiger partial charge in [-0.1, -0.05) is 44.3 Å². The molecule has 0 aliphatic carbocycles. The van der Waals surface area contributed by atoms with Gasteiger partial charge in [-0.3, -0.25) is 0 Å². The molecule has 0 fully saturated rings. The average molecular weight is 326 g/mol. The van der Waals surface area contributed by atoms with Gasteiger partial charge in [-0.25, -0.2) is 4.79 Å². The Hall–Kier alpha value is -1.13. The highest BCUT2D eigenvalue weighted by atomic mass is 16.5. The van der Waals surface area contributed by atoms with E-state index in [0.29, 0.717) is 6.42 Å². The van der Waals surface area contributed by atoms with Gasteiger partial charge in [0.1, 0.15) is 6.10 Å². The summed E-state index contributed by atoms with van der Waals surface area (Å²) >= 11 is 0. The van der Waals surface area contributed by atoms with Gasteiger partial charge in [0.05, 0.1) is 18.3 Å². The zero-order valence-corrected chi connectivity index (χ0v) is 14.8. The first-order chi connectivity index (χ1) is 11.0. The van der Waals surface area contributed by atoms with Crippen molar-refractivity contribution in [2.24, 2.45) is 0 Å². The van der Waals surface area contributed by atoms with Crippen LogP contribution < -0.4 is 0 Å². The summed E-state index contributed by atoms with van der Waals surface area (Å²) in [4.78, 5) is 11.8. The molecule has 0 aromatic carbocycles. The van der Waals surface area contributed by atoms with Crippen LogP contribution in [0.1, 0.15) is 71.6 Å². The molecule has 134 valence electrons. The topological polar surface area (TPSA) is 66.8 Å². The van der Waals surface area contributed by atoms with Crippen LogP contribution in [0.15, 0.2) is 24.3 Å². The largest absolute Gasteiger partial charge is 0.463 e. The zero-order valence-electron chi connectivity index (χ0n) is 14.8. The van der Waals surface area contributed by atoms with E-state index < -0.39 is 18.2 Å². The van der Waals surface area contributed by atoms with Gasteiger partial charge < -0.3 is 14.9 Å². The Kier molecular flexibility index (Phi) is 13.8. The summed E-state index contributed by atoms with van der Waals surface area (Å²) in [5.41, 5.74) is 0.172. The van der Waals surface area contributed by atoms with Gasteiger partial charge in [0.15, 0.2) is 0 Å². The second-order valence-electron chi connectivity index (χ2n) is 5.91. The number of aliphatic hydroxyl groups excluding tert-OH is 2. The van der Waals surface area contributed by atoms with Gasteiger partial charge in [0.25, 0.3) is 0 Å². The summed E-state index contributed by atoms with van der Waals surface area (Å²) in [6, 6.07) is 0. The number of unbranched alkanes of at least 4 members (excludes halogenated alkanes) is 8. The summed E-state index contributed by atoms with van der Waals surface area (Å²) < 4.78 is 4.93. The summed E-state index contributed by atoms with van der Waals surface area (Å²) in [7, 11) is 0. The molecule has 0 unspecified atom stereocenters. The van der Waals surface area contributed by atoms with Crippen molar-refractivity contribution in [1.29, 1.82) is 0 Å². The second kappa shape index (κ2) is 14.5. The van der Waals surface area contributed by atoms with Gasteiger partial charge in [0, 0.05) is 0 Å². The fourth-order valence-corrected chi connectivity index (χ4v) is 2.37. The number of esters is 1. The third kappa shape index (κ3) is 11.1. The van der Waals surface area contributed by atoms with Crippen molar-refractivity contribution in [2.75, 3.05) is 6.61 Å². The molecule has 0 saturated heterocycles. The van der Waals surface area contributed by atoms with E-state index in [-0.39, 0.29) is 12.2 Å². The molecule has 0 saturated carbocycles. The molecule has 0 heterocycles. The molecule has 0 aromatic rings. The molecule has 2 atom stereocenters. The van der Waals surface area contributed by atoms with Crippen LogP contribution in [0, 0.1) is 0 Å². The van der Waals surface area contributed by atoms with Crippen LogP contribution >= 0.6 is 0 Å². The van der Waals surface area contributed by atoms with Crippen molar-refractivity contribution in [3.8, 4) is 0 Å². The number of allylic oxidation sites excluding steroid dienone is 2. The minimum atomic E-state index is -1.18. The number of ether oxygens (including phenoxy) is 1. The number of carbonyl (C=O) groups excluding carboxylic acids is 1. The minimum Gasteiger partial charge on any atom is -0.463 e. The van der Waals surface area contributed by atoms with Gasteiger partial charge in [-0.2, -0.15) is 0 Å². The molecule has 0 rings (SSSR count). The second-order valence-corrected chi connectivity index (χ2v) is 5.91. The molecule has 0 amide bonds. The Morgan fingerprint density at radius 1 is 1.04 bits per heavy atom. The van der Waals surface area contributed by atoms with E-state index in [9.17, 15) is 15.0 Å². The Labute approximate surface area is 141 Å². The lowest BCUT2D eigenvalue weighted by Crippen LogP contribution is -2.29. The molecular weight excluding hydrogens is 292 g/mol. The number of aliphatic hydroxyl groups is 2. The lowest BCUT2D eigenvalue weighted by molar-refractivity contribution is -0.140. The predicted molar refractivity (Wildman–Crippen MR) is 94.2 cm³/mol. The Balaban J connectivity index is 4.01. The summed E-state index contributed by atoms with van der Waals surface area (Å²) in [6.07, 6.45) is 11.6. The van der Waals surface area contributed by atoms with Crippen molar-refractivity contribution in [1.82, 2.24) is 0 Å². The van der Waals surface area contributed by atoms with Gasteiger partial charge in [-0.05, 0) is 39.5 Å². The highest BCUT2D eigenvalue weighted by molar-refractivity contribution is 5.89. The predicted octanol–water partition coefficient (Wildman–Crippen LogP) is 3.91. The van der Waals surface area contributed by atoms with Gasteiger partial charge in [-0.15, -0.1) is 6.58 Å². The van der Waals surface area contributed by atoms with Gasteiger partial charge in [0.2, 0.25) is 0 Å². The molecule has 0 spiro atoms. The molecule has 0 bridgehead atoms. The van der Waals surface area contributed by atoms with E-state index in [1.165, 1.54) is 39.0 Å². The quantitative estimate of drug-likeness (QED) is 0.220. The van der Waals surface area contributed by atoms with Crippen molar-refractivity contribution in [3.05, 3.63) is 24.3 Å². The molecule has 0 radical (unpaired) electrons. The molecule has 0 aliphatic heterocycles. The lowest BCUT2D eigenvalue weighted by Gasteiger charge is -2.16. The number of hydrogen-bond acceptors (Lipinski definition) is 4. The van der Waals surface area contributed by atoms with Crippen LogP contribution in [-0.4, -0.2) is 35.0 Å². The fourth-order valence-electron chi connectivity index (χ4n) is 2.37. The van der Waals surface area contributed by atoms with E-state index >= 15 is 0 Å². The van der Waals surface area contributed by atoms with Crippen molar-refractivity contribution in [2.45, 2.75) is 83.8 Å². The van der Waals surface area contributed by atoms with Crippen LogP contribution in [0.2, 0.25) is 0 Å². The maximum absolute atomic E-state index is 11.8. The monoisotopic (exact) mass is 326 g/mol. The molecule has 23 heavy (non-hydrogen) atoms. The van der Waals surface area contributed by atoms with Crippen molar-refractivity contribution < 1.29 is 19.7 Å². The Morgan fingerprint density at radius 2 is 1.57 bits per heavy atom. The molecule has 0 aromatic heterocycles. The SMILES string of the molecule is C=CCCCCCCCCC/C=C(\C(=O)OCC)[C@H](O)[C@@H](C)O. The zero-order chi connectivity index (χ0) is 17.5. The van der Waals surface area contributed by atoms with Crippen LogP contribution in [-0.2, 0) is 9.53 Å². The van der Waals surface area contributed by atoms with Crippen molar-refractivity contribution >= 4 is 5.97 Å². The molecule has 2 N–H and O–H groups in total.